The number of carbonyl (C=O) groups is 1. The SMILES string of the molecule is COc1ccc(OCCn2cc(C(=S)N3CCC(C(N)=O)CC3)c3ccccc32)cc1. The monoisotopic (exact) mass is 437 g/mol. The molecule has 1 fully saturated rings. The van der Waals surface area contributed by atoms with Crippen LogP contribution in [-0.4, -0.2) is 47.2 Å². The van der Waals surface area contributed by atoms with Crippen LogP contribution in [-0.2, 0) is 11.3 Å². The van der Waals surface area contributed by atoms with Crippen molar-refractivity contribution in [3.8, 4) is 11.5 Å². The van der Waals surface area contributed by atoms with Gasteiger partial charge in [0.25, 0.3) is 0 Å². The summed E-state index contributed by atoms with van der Waals surface area (Å²) < 4.78 is 13.3. The highest BCUT2D eigenvalue weighted by Gasteiger charge is 2.26. The van der Waals surface area contributed by atoms with Gasteiger partial charge in [0.05, 0.1) is 13.7 Å². The van der Waals surface area contributed by atoms with Gasteiger partial charge in [-0.15, -0.1) is 0 Å². The summed E-state index contributed by atoms with van der Waals surface area (Å²) >= 11 is 5.85. The van der Waals surface area contributed by atoms with Crippen molar-refractivity contribution in [2.24, 2.45) is 11.7 Å². The number of piperidine rings is 1. The molecule has 162 valence electrons. The van der Waals surface area contributed by atoms with E-state index in [2.05, 4.69) is 27.8 Å². The number of nitrogens with two attached hydrogens (primary N) is 1. The van der Waals surface area contributed by atoms with Crippen LogP contribution in [0.5, 0.6) is 11.5 Å². The molecule has 0 aliphatic carbocycles. The molecule has 31 heavy (non-hydrogen) atoms. The lowest BCUT2D eigenvalue weighted by Crippen LogP contribution is -2.41. The van der Waals surface area contributed by atoms with Crippen LogP contribution in [0.1, 0.15) is 18.4 Å². The van der Waals surface area contributed by atoms with E-state index in [4.69, 9.17) is 27.4 Å². The van der Waals surface area contributed by atoms with Gasteiger partial charge in [0.1, 0.15) is 23.1 Å². The zero-order valence-electron chi connectivity index (χ0n) is 17.6. The van der Waals surface area contributed by atoms with E-state index < -0.39 is 0 Å². The molecule has 1 amide bonds. The number of aromatic nitrogens is 1. The molecule has 0 saturated carbocycles. The highest BCUT2D eigenvalue weighted by Crippen LogP contribution is 2.26. The number of methoxy groups -OCH3 is 1. The first kappa shape index (κ1) is 21.2. The maximum absolute atomic E-state index is 11.5. The van der Waals surface area contributed by atoms with Gasteiger partial charge in [-0.2, -0.15) is 0 Å². The maximum Gasteiger partial charge on any atom is 0.220 e. The zero-order chi connectivity index (χ0) is 21.8. The van der Waals surface area contributed by atoms with E-state index in [0.717, 1.165) is 58.9 Å². The van der Waals surface area contributed by atoms with Crippen molar-refractivity contribution >= 4 is 34.0 Å². The number of thiocarbonyl (C=S) groups is 1. The van der Waals surface area contributed by atoms with Gasteiger partial charge in [0.2, 0.25) is 5.91 Å². The molecule has 0 bridgehead atoms. The van der Waals surface area contributed by atoms with Gasteiger partial charge in [-0.25, -0.2) is 0 Å². The van der Waals surface area contributed by atoms with E-state index >= 15 is 0 Å². The average Bonchev–Trinajstić information content (AvgIpc) is 3.18. The minimum Gasteiger partial charge on any atom is -0.497 e. The Kier molecular flexibility index (Phi) is 6.42. The highest BCUT2D eigenvalue weighted by atomic mass is 32.1. The van der Waals surface area contributed by atoms with Gasteiger partial charge in [0, 0.05) is 41.7 Å². The minimum absolute atomic E-state index is 0.0458. The molecule has 4 rings (SSSR count). The summed E-state index contributed by atoms with van der Waals surface area (Å²) in [4.78, 5) is 14.5. The average molecular weight is 438 g/mol. The van der Waals surface area contributed by atoms with E-state index in [1.807, 2.05) is 36.4 Å². The molecule has 2 heterocycles. The van der Waals surface area contributed by atoms with Gasteiger partial charge >= 0.3 is 0 Å². The second-order valence-corrected chi connectivity index (χ2v) is 8.13. The van der Waals surface area contributed by atoms with Crippen LogP contribution in [0.15, 0.2) is 54.7 Å². The smallest absolute Gasteiger partial charge is 0.220 e. The maximum atomic E-state index is 11.5. The van der Waals surface area contributed by atoms with Crippen LogP contribution in [0.2, 0.25) is 0 Å². The van der Waals surface area contributed by atoms with E-state index in [1.165, 1.54) is 0 Å². The Hall–Kier alpha value is -3.06. The summed E-state index contributed by atoms with van der Waals surface area (Å²) in [5.41, 5.74) is 7.65. The lowest BCUT2D eigenvalue weighted by Gasteiger charge is -2.32. The summed E-state index contributed by atoms with van der Waals surface area (Å²) in [7, 11) is 1.65. The Bertz CT molecular complexity index is 1070. The predicted octanol–water partition coefficient (Wildman–Crippen LogP) is 3.60. The van der Waals surface area contributed by atoms with Crippen LogP contribution in [0.4, 0.5) is 0 Å². The third kappa shape index (κ3) is 4.66. The van der Waals surface area contributed by atoms with Crippen molar-refractivity contribution in [1.82, 2.24) is 9.47 Å². The molecule has 6 nitrogen and oxygen atoms in total. The summed E-state index contributed by atoms with van der Waals surface area (Å²) in [6.07, 6.45) is 3.62. The van der Waals surface area contributed by atoms with E-state index in [1.54, 1.807) is 7.11 Å². The highest BCUT2D eigenvalue weighted by molar-refractivity contribution is 7.80. The molecule has 2 aromatic carbocycles. The Balaban J connectivity index is 1.46. The van der Waals surface area contributed by atoms with Crippen molar-refractivity contribution in [2.75, 3.05) is 26.8 Å². The summed E-state index contributed by atoms with van der Waals surface area (Å²) in [5.74, 6) is 1.36. The van der Waals surface area contributed by atoms with Gasteiger partial charge in [-0.3, -0.25) is 4.79 Å². The fraction of sp³-hybridized carbons (Fsp3) is 0.333. The second kappa shape index (κ2) is 9.39. The number of benzene rings is 2. The number of hydrogen-bond donors (Lipinski definition) is 1. The van der Waals surface area contributed by atoms with Crippen LogP contribution in [0.3, 0.4) is 0 Å². The molecule has 3 aromatic rings. The standard InChI is InChI=1S/C24H27N3O3S/c1-29-18-6-8-19(9-7-18)30-15-14-27-16-21(20-4-2-3-5-22(20)27)24(31)26-12-10-17(11-13-26)23(25)28/h2-9,16-17H,10-15H2,1H3,(H2,25,28). The second-order valence-electron chi connectivity index (χ2n) is 7.75. The Morgan fingerprint density at radius 3 is 2.45 bits per heavy atom. The molecule has 2 N–H and O–H groups in total. The summed E-state index contributed by atoms with van der Waals surface area (Å²) in [5, 5.41) is 1.13. The molecular formula is C24H27N3O3S. The first-order valence-electron chi connectivity index (χ1n) is 10.5. The van der Waals surface area contributed by atoms with Gasteiger partial charge in [0.15, 0.2) is 0 Å². The number of hydrogen-bond acceptors (Lipinski definition) is 4. The molecule has 0 unspecified atom stereocenters. The molecule has 1 aliphatic rings. The normalized spacial score (nSPS) is 14.5. The van der Waals surface area contributed by atoms with Crippen molar-refractivity contribution in [1.29, 1.82) is 0 Å². The summed E-state index contributed by atoms with van der Waals surface area (Å²) in [6.45, 7) is 2.76. The van der Waals surface area contributed by atoms with Crippen LogP contribution in [0, 0.1) is 5.92 Å². The largest absolute Gasteiger partial charge is 0.497 e. The summed E-state index contributed by atoms with van der Waals surface area (Å²) in [6, 6.07) is 15.9. The number of nitrogens with zero attached hydrogens (tertiary/aromatic N) is 2. The third-order valence-electron chi connectivity index (χ3n) is 5.86. The topological polar surface area (TPSA) is 69.7 Å². The Morgan fingerprint density at radius 1 is 1.10 bits per heavy atom. The van der Waals surface area contributed by atoms with Crippen molar-refractivity contribution in [3.63, 3.8) is 0 Å². The lowest BCUT2D eigenvalue weighted by atomic mass is 9.96. The number of likely N-dealkylation sites (tertiary alicyclic amines) is 1. The quantitative estimate of drug-likeness (QED) is 0.572. The van der Waals surface area contributed by atoms with Gasteiger partial charge in [-0.05, 0) is 43.2 Å². The van der Waals surface area contributed by atoms with Crippen molar-refractivity contribution in [3.05, 3.63) is 60.3 Å². The molecular weight excluding hydrogens is 410 g/mol. The molecule has 1 aliphatic heterocycles. The van der Waals surface area contributed by atoms with Crippen LogP contribution in [0.25, 0.3) is 10.9 Å². The lowest BCUT2D eigenvalue weighted by molar-refractivity contribution is -0.122. The fourth-order valence-electron chi connectivity index (χ4n) is 4.07. The van der Waals surface area contributed by atoms with Crippen LogP contribution < -0.4 is 15.2 Å². The first-order valence-corrected chi connectivity index (χ1v) is 10.9. The van der Waals surface area contributed by atoms with Gasteiger partial charge < -0.3 is 24.7 Å². The van der Waals surface area contributed by atoms with Gasteiger partial charge in [-0.1, -0.05) is 30.4 Å². The van der Waals surface area contributed by atoms with Crippen molar-refractivity contribution < 1.29 is 14.3 Å². The number of primary amides is 1. The molecule has 0 radical (unpaired) electrons. The molecule has 0 atom stereocenters. The molecule has 7 heteroatoms. The van der Waals surface area contributed by atoms with E-state index in [0.29, 0.717) is 13.2 Å². The Morgan fingerprint density at radius 2 is 1.77 bits per heavy atom. The van der Waals surface area contributed by atoms with E-state index in [9.17, 15) is 4.79 Å². The number of rotatable bonds is 7. The number of ether oxygens (including phenoxy) is 2. The van der Waals surface area contributed by atoms with Crippen molar-refractivity contribution in [2.45, 2.75) is 19.4 Å². The zero-order valence-corrected chi connectivity index (χ0v) is 18.4. The molecule has 0 spiro atoms. The molecule has 1 aromatic heterocycles. The third-order valence-corrected chi connectivity index (χ3v) is 6.34. The predicted molar refractivity (Wildman–Crippen MR) is 126 cm³/mol. The molecule has 1 saturated heterocycles. The number of carbonyl (C=O) groups excluding carboxylic acids is 1. The Labute approximate surface area is 187 Å². The number of amides is 1. The van der Waals surface area contributed by atoms with E-state index in [-0.39, 0.29) is 11.8 Å². The number of para-hydroxylation sites is 1. The van der Waals surface area contributed by atoms with Crippen LogP contribution >= 0.6 is 12.2 Å². The fourth-order valence-corrected chi connectivity index (χ4v) is 4.42. The minimum atomic E-state index is -0.209. The number of fused-ring (bicyclic) bond motifs is 1. The first-order chi connectivity index (χ1) is 15.1.